The highest BCUT2D eigenvalue weighted by molar-refractivity contribution is 5.55. The predicted octanol–water partition coefficient (Wildman–Crippen LogP) is 1.28. The fourth-order valence-corrected chi connectivity index (χ4v) is 1.27. The second-order valence-corrected chi connectivity index (χ2v) is 3.07. The maximum Gasteiger partial charge on any atom is 0.134 e. The van der Waals surface area contributed by atoms with Crippen LogP contribution < -0.4 is 10.6 Å². The lowest BCUT2D eigenvalue weighted by Gasteiger charge is -2.10. The summed E-state index contributed by atoms with van der Waals surface area (Å²) in [5, 5.41) is 6.22. The Bertz CT molecular complexity index is 303. The molecule has 5 nitrogen and oxygen atoms in total. The maximum atomic E-state index is 5.23. The van der Waals surface area contributed by atoms with Crippen molar-refractivity contribution in [1.82, 2.24) is 9.97 Å². The minimum atomic E-state index is 0.689. The van der Waals surface area contributed by atoms with Crippen LogP contribution in [0.25, 0.3) is 0 Å². The molecule has 0 fully saturated rings. The Kier molecular flexibility index (Phi) is 4.83. The van der Waals surface area contributed by atoms with E-state index in [0.29, 0.717) is 6.61 Å². The summed E-state index contributed by atoms with van der Waals surface area (Å²) in [6, 6.07) is 0. The van der Waals surface area contributed by atoms with Gasteiger partial charge in [-0.1, -0.05) is 0 Å². The van der Waals surface area contributed by atoms with Crippen LogP contribution in [0.5, 0.6) is 0 Å². The van der Waals surface area contributed by atoms with Crippen LogP contribution in [0.4, 0.5) is 11.6 Å². The van der Waals surface area contributed by atoms with Crippen LogP contribution in [0, 0.1) is 6.92 Å². The third kappa shape index (κ3) is 3.36. The molecule has 0 bridgehead atoms. The number of anilines is 2. The topological polar surface area (TPSA) is 59.1 Å². The van der Waals surface area contributed by atoms with Gasteiger partial charge >= 0.3 is 0 Å². The average molecular weight is 210 g/mol. The molecule has 0 aliphatic heterocycles. The molecule has 0 saturated carbocycles. The van der Waals surface area contributed by atoms with E-state index in [0.717, 1.165) is 30.4 Å². The second kappa shape index (κ2) is 6.19. The van der Waals surface area contributed by atoms with Crippen LogP contribution in [0.1, 0.15) is 12.5 Å². The molecule has 1 rings (SSSR count). The molecule has 0 aliphatic rings. The number of nitrogens with one attached hydrogen (secondary N) is 2. The van der Waals surface area contributed by atoms with E-state index in [1.165, 1.54) is 0 Å². The largest absolute Gasteiger partial charge is 0.380 e. The highest BCUT2D eigenvalue weighted by Gasteiger charge is 2.03. The zero-order valence-corrected chi connectivity index (χ0v) is 9.50. The molecule has 0 radical (unpaired) electrons. The number of nitrogens with zero attached hydrogens (tertiary/aromatic N) is 2. The molecule has 0 amide bonds. The van der Waals surface area contributed by atoms with E-state index in [2.05, 4.69) is 20.6 Å². The Morgan fingerprint density at radius 1 is 1.33 bits per heavy atom. The van der Waals surface area contributed by atoms with Crippen molar-refractivity contribution in [3.8, 4) is 0 Å². The summed E-state index contributed by atoms with van der Waals surface area (Å²) in [5.41, 5.74) is 1.02. The van der Waals surface area contributed by atoms with Gasteiger partial charge in [0.1, 0.15) is 18.0 Å². The molecule has 0 atom stereocenters. The standard InChI is InChI=1S/C10H18N4O/c1-4-15-6-5-12-10-8(2)9(11-3)13-7-14-10/h7H,4-6H2,1-3H3,(H2,11,12,13,14). The molecule has 2 N–H and O–H groups in total. The third-order valence-corrected chi connectivity index (χ3v) is 2.06. The molecule has 0 aliphatic carbocycles. The van der Waals surface area contributed by atoms with Crippen molar-refractivity contribution in [2.45, 2.75) is 13.8 Å². The van der Waals surface area contributed by atoms with Gasteiger partial charge in [0.05, 0.1) is 6.61 Å². The molecule has 0 spiro atoms. The Labute approximate surface area is 90.3 Å². The van der Waals surface area contributed by atoms with Crippen LogP contribution in [-0.4, -0.2) is 36.8 Å². The van der Waals surface area contributed by atoms with Crippen LogP contribution >= 0.6 is 0 Å². The van der Waals surface area contributed by atoms with Gasteiger partial charge in [-0.15, -0.1) is 0 Å². The van der Waals surface area contributed by atoms with Gasteiger partial charge in [0.25, 0.3) is 0 Å². The number of ether oxygens (including phenoxy) is 1. The molecule has 15 heavy (non-hydrogen) atoms. The van der Waals surface area contributed by atoms with Gasteiger partial charge in [-0.2, -0.15) is 0 Å². The highest BCUT2D eigenvalue weighted by atomic mass is 16.5. The van der Waals surface area contributed by atoms with Gasteiger partial charge < -0.3 is 15.4 Å². The molecule has 1 heterocycles. The number of rotatable bonds is 6. The van der Waals surface area contributed by atoms with Crippen molar-refractivity contribution < 1.29 is 4.74 Å². The molecule has 0 saturated heterocycles. The summed E-state index contributed by atoms with van der Waals surface area (Å²) >= 11 is 0. The Morgan fingerprint density at radius 2 is 2.07 bits per heavy atom. The van der Waals surface area contributed by atoms with Gasteiger partial charge in [-0.25, -0.2) is 9.97 Å². The summed E-state index contributed by atoms with van der Waals surface area (Å²) < 4.78 is 5.23. The van der Waals surface area contributed by atoms with E-state index in [-0.39, 0.29) is 0 Å². The van der Waals surface area contributed by atoms with Gasteiger partial charge in [-0.3, -0.25) is 0 Å². The first-order chi connectivity index (χ1) is 7.29. The van der Waals surface area contributed by atoms with E-state index in [4.69, 9.17) is 4.74 Å². The monoisotopic (exact) mass is 210 g/mol. The smallest absolute Gasteiger partial charge is 0.134 e. The first-order valence-corrected chi connectivity index (χ1v) is 5.10. The van der Waals surface area contributed by atoms with E-state index in [1.54, 1.807) is 6.33 Å². The predicted molar refractivity (Wildman–Crippen MR) is 61.3 cm³/mol. The molecule has 0 aromatic carbocycles. The summed E-state index contributed by atoms with van der Waals surface area (Å²) in [6.07, 6.45) is 1.54. The summed E-state index contributed by atoms with van der Waals surface area (Å²) in [4.78, 5) is 8.28. The zero-order valence-electron chi connectivity index (χ0n) is 9.50. The van der Waals surface area contributed by atoms with Gasteiger partial charge in [0, 0.05) is 25.8 Å². The number of aromatic nitrogens is 2. The zero-order chi connectivity index (χ0) is 11.1. The fraction of sp³-hybridized carbons (Fsp3) is 0.600. The Balaban J connectivity index is 2.53. The van der Waals surface area contributed by atoms with Crippen molar-refractivity contribution >= 4 is 11.6 Å². The summed E-state index contributed by atoms with van der Waals surface area (Å²) in [5.74, 6) is 1.71. The Hall–Kier alpha value is -1.36. The first-order valence-electron chi connectivity index (χ1n) is 5.10. The fourth-order valence-electron chi connectivity index (χ4n) is 1.27. The lowest BCUT2D eigenvalue weighted by atomic mass is 10.3. The van der Waals surface area contributed by atoms with Crippen LogP contribution in [0.2, 0.25) is 0 Å². The van der Waals surface area contributed by atoms with Crippen molar-refractivity contribution in [2.24, 2.45) is 0 Å². The van der Waals surface area contributed by atoms with Crippen molar-refractivity contribution in [1.29, 1.82) is 0 Å². The lowest BCUT2D eigenvalue weighted by Crippen LogP contribution is -2.12. The van der Waals surface area contributed by atoms with E-state index >= 15 is 0 Å². The van der Waals surface area contributed by atoms with Crippen molar-refractivity contribution in [2.75, 3.05) is 37.4 Å². The van der Waals surface area contributed by atoms with Crippen molar-refractivity contribution in [3.05, 3.63) is 11.9 Å². The van der Waals surface area contributed by atoms with Gasteiger partial charge in [0.15, 0.2) is 0 Å². The molecule has 1 aromatic heterocycles. The highest BCUT2D eigenvalue weighted by Crippen LogP contribution is 2.16. The number of hydrogen-bond acceptors (Lipinski definition) is 5. The van der Waals surface area contributed by atoms with Crippen LogP contribution in [0.15, 0.2) is 6.33 Å². The van der Waals surface area contributed by atoms with E-state index in [1.807, 2.05) is 20.9 Å². The SMILES string of the molecule is CCOCCNc1ncnc(NC)c1C. The Morgan fingerprint density at radius 3 is 2.73 bits per heavy atom. The molecule has 0 unspecified atom stereocenters. The quantitative estimate of drug-likeness (QED) is 0.692. The summed E-state index contributed by atoms with van der Waals surface area (Å²) in [7, 11) is 1.85. The van der Waals surface area contributed by atoms with Gasteiger partial charge in [0.2, 0.25) is 0 Å². The number of hydrogen-bond donors (Lipinski definition) is 2. The maximum absolute atomic E-state index is 5.23. The molecular weight excluding hydrogens is 192 g/mol. The molecule has 84 valence electrons. The molecule has 1 aromatic rings. The third-order valence-electron chi connectivity index (χ3n) is 2.06. The molecule has 5 heteroatoms. The second-order valence-electron chi connectivity index (χ2n) is 3.07. The minimum absolute atomic E-state index is 0.689. The van der Waals surface area contributed by atoms with E-state index in [9.17, 15) is 0 Å². The average Bonchev–Trinajstić information content (AvgIpc) is 2.26. The van der Waals surface area contributed by atoms with Crippen LogP contribution in [0.3, 0.4) is 0 Å². The van der Waals surface area contributed by atoms with Gasteiger partial charge in [-0.05, 0) is 13.8 Å². The van der Waals surface area contributed by atoms with Crippen molar-refractivity contribution in [3.63, 3.8) is 0 Å². The minimum Gasteiger partial charge on any atom is -0.380 e. The van der Waals surface area contributed by atoms with Crippen LogP contribution in [-0.2, 0) is 4.74 Å². The first kappa shape index (κ1) is 11.7. The summed E-state index contributed by atoms with van der Waals surface area (Å²) in [6.45, 7) is 6.15. The lowest BCUT2D eigenvalue weighted by molar-refractivity contribution is 0.158. The van der Waals surface area contributed by atoms with E-state index < -0.39 is 0 Å². The molecular formula is C10H18N4O. The normalized spacial score (nSPS) is 10.1.